The van der Waals surface area contributed by atoms with Gasteiger partial charge in [-0.1, -0.05) is 38.0 Å². The van der Waals surface area contributed by atoms with Crippen molar-refractivity contribution in [2.75, 3.05) is 6.61 Å². The van der Waals surface area contributed by atoms with Gasteiger partial charge in [-0.3, -0.25) is 0 Å². The number of rotatable bonds is 5. The highest BCUT2D eigenvalue weighted by molar-refractivity contribution is 6.30. The molecule has 0 amide bonds. The topological polar surface area (TPSA) is 52.6 Å². The van der Waals surface area contributed by atoms with E-state index in [2.05, 4.69) is 0 Å². The fourth-order valence-corrected chi connectivity index (χ4v) is 1.39. The van der Waals surface area contributed by atoms with Crippen LogP contribution in [0.3, 0.4) is 0 Å². The van der Waals surface area contributed by atoms with Crippen LogP contribution < -0.4 is 4.74 Å². The van der Waals surface area contributed by atoms with Crippen LogP contribution in [-0.2, 0) is 14.3 Å². The van der Waals surface area contributed by atoms with E-state index >= 15 is 0 Å². The van der Waals surface area contributed by atoms with Crippen LogP contribution in [0.1, 0.15) is 31.7 Å². The molecule has 1 aromatic rings. The second-order valence-electron chi connectivity index (χ2n) is 4.00. The van der Waals surface area contributed by atoms with E-state index in [9.17, 15) is 9.59 Å². The molecule has 0 unspecified atom stereocenters. The molecule has 0 atom stereocenters. The first-order valence-electron chi connectivity index (χ1n) is 6.09. The molecule has 4 heteroatoms. The standard InChI is InChI=1S/C14H18O4/c1-3-4-7-10-17-13(15)14(16)18-12-9-6-5-8-11(12)2/h5-6,8-9H,3-4,7,10H2,1-2H3. The van der Waals surface area contributed by atoms with Crippen LogP contribution in [0.5, 0.6) is 5.75 Å². The lowest BCUT2D eigenvalue weighted by Gasteiger charge is -2.06. The number of para-hydroxylation sites is 1. The Morgan fingerprint density at radius 1 is 1.11 bits per heavy atom. The maximum absolute atomic E-state index is 11.4. The lowest BCUT2D eigenvalue weighted by atomic mass is 10.2. The molecule has 0 spiro atoms. The van der Waals surface area contributed by atoms with Crippen molar-refractivity contribution in [2.45, 2.75) is 33.1 Å². The van der Waals surface area contributed by atoms with Crippen molar-refractivity contribution in [1.82, 2.24) is 0 Å². The average Bonchev–Trinajstić information content (AvgIpc) is 2.37. The predicted molar refractivity (Wildman–Crippen MR) is 67.3 cm³/mol. The minimum Gasteiger partial charge on any atom is -0.457 e. The van der Waals surface area contributed by atoms with Crippen LogP contribution in [0.25, 0.3) is 0 Å². The van der Waals surface area contributed by atoms with Gasteiger partial charge in [-0.25, -0.2) is 9.59 Å². The normalized spacial score (nSPS) is 9.89. The Morgan fingerprint density at radius 2 is 1.83 bits per heavy atom. The number of carbonyl (C=O) groups excluding carboxylic acids is 2. The van der Waals surface area contributed by atoms with Gasteiger partial charge in [0.2, 0.25) is 0 Å². The van der Waals surface area contributed by atoms with Crippen molar-refractivity contribution >= 4 is 11.9 Å². The summed E-state index contributed by atoms with van der Waals surface area (Å²) in [5.41, 5.74) is 0.796. The molecule has 1 rings (SSSR count). The van der Waals surface area contributed by atoms with E-state index in [4.69, 9.17) is 9.47 Å². The molecule has 0 aliphatic rings. The van der Waals surface area contributed by atoms with Crippen molar-refractivity contribution < 1.29 is 19.1 Å². The number of ether oxygens (including phenoxy) is 2. The van der Waals surface area contributed by atoms with Gasteiger partial charge in [-0.2, -0.15) is 0 Å². The lowest BCUT2D eigenvalue weighted by molar-refractivity contribution is -0.162. The third-order valence-electron chi connectivity index (χ3n) is 2.44. The van der Waals surface area contributed by atoms with Gasteiger partial charge in [0.05, 0.1) is 6.61 Å². The molecule has 0 saturated carbocycles. The predicted octanol–water partition coefficient (Wildman–Crippen LogP) is 2.63. The van der Waals surface area contributed by atoms with Crippen molar-refractivity contribution in [3.63, 3.8) is 0 Å². The molecule has 0 radical (unpaired) electrons. The zero-order chi connectivity index (χ0) is 13.4. The fourth-order valence-electron chi connectivity index (χ4n) is 1.39. The number of hydrogen-bond donors (Lipinski definition) is 0. The Morgan fingerprint density at radius 3 is 2.50 bits per heavy atom. The molecule has 0 bridgehead atoms. The second-order valence-corrected chi connectivity index (χ2v) is 4.00. The quantitative estimate of drug-likeness (QED) is 0.349. The van der Waals surface area contributed by atoms with E-state index in [1.165, 1.54) is 0 Å². The summed E-state index contributed by atoms with van der Waals surface area (Å²) in [7, 11) is 0. The summed E-state index contributed by atoms with van der Waals surface area (Å²) in [6.07, 6.45) is 2.77. The molecular weight excluding hydrogens is 232 g/mol. The second kappa shape index (κ2) is 7.48. The molecule has 4 nitrogen and oxygen atoms in total. The van der Waals surface area contributed by atoms with Crippen LogP contribution in [-0.4, -0.2) is 18.5 Å². The average molecular weight is 250 g/mol. The summed E-state index contributed by atoms with van der Waals surface area (Å²) in [4.78, 5) is 22.8. The highest BCUT2D eigenvalue weighted by Gasteiger charge is 2.18. The van der Waals surface area contributed by atoms with Crippen LogP contribution in [0, 0.1) is 6.92 Å². The largest absolute Gasteiger partial charge is 0.457 e. The van der Waals surface area contributed by atoms with Crippen molar-refractivity contribution in [3.8, 4) is 5.75 Å². The highest BCUT2D eigenvalue weighted by Crippen LogP contribution is 2.16. The summed E-state index contributed by atoms with van der Waals surface area (Å²) in [5, 5.41) is 0. The monoisotopic (exact) mass is 250 g/mol. The summed E-state index contributed by atoms with van der Waals surface area (Å²) in [5.74, 6) is -1.52. The molecule has 0 fully saturated rings. The molecular formula is C14H18O4. The minimum atomic E-state index is -0.971. The van der Waals surface area contributed by atoms with Gasteiger partial charge >= 0.3 is 11.9 Å². The Hall–Kier alpha value is -1.84. The summed E-state index contributed by atoms with van der Waals surface area (Å²) < 4.78 is 9.75. The maximum Gasteiger partial charge on any atom is 0.422 e. The molecule has 1 aromatic carbocycles. The van der Waals surface area contributed by atoms with Gasteiger partial charge in [-0.05, 0) is 25.0 Å². The summed E-state index contributed by atoms with van der Waals surface area (Å²) >= 11 is 0. The van der Waals surface area contributed by atoms with Gasteiger partial charge in [0.25, 0.3) is 0 Å². The van der Waals surface area contributed by atoms with E-state index in [0.29, 0.717) is 5.75 Å². The van der Waals surface area contributed by atoms with E-state index in [1.54, 1.807) is 25.1 Å². The molecule has 0 N–H and O–H groups in total. The van der Waals surface area contributed by atoms with E-state index in [1.807, 2.05) is 13.0 Å². The molecule has 0 heterocycles. The molecule has 98 valence electrons. The number of hydrogen-bond acceptors (Lipinski definition) is 4. The van der Waals surface area contributed by atoms with Crippen LogP contribution >= 0.6 is 0 Å². The number of aryl methyl sites for hydroxylation is 1. The van der Waals surface area contributed by atoms with Crippen molar-refractivity contribution in [2.24, 2.45) is 0 Å². The number of carbonyl (C=O) groups is 2. The smallest absolute Gasteiger partial charge is 0.422 e. The number of esters is 2. The summed E-state index contributed by atoms with van der Waals surface area (Å²) in [6, 6.07) is 7.00. The Labute approximate surface area is 107 Å². The highest BCUT2D eigenvalue weighted by atomic mass is 16.6. The first kappa shape index (κ1) is 14.2. The maximum atomic E-state index is 11.4. The van der Waals surface area contributed by atoms with E-state index < -0.39 is 11.9 Å². The molecule has 0 saturated heterocycles. The van der Waals surface area contributed by atoms with Crippen LogP contribution in [0.2, 0.25) is 0 Å². The van der Waals surface area contributed by atoms with Gasteiger partial charge in [0.15, 0.2) is 0 Å². The molecule has 18 heavy (non-hydrogen) atoms. The zero-order valence-electron chi connectivity index (χ0n) is 10.8. The van der Waals surface area contributed by atoms with Gasteiger partial charge in [-0.15, -0.1) is 0 Å². The van der Waals surface area contributed by atoms with Crippen LogP contribution in [0.4, 0.5) is 0 Å². The van der Waals surface area contributed by atoms with E-state index in [0.717, 1.165) is 24.8 Å². The third-order valence-corrected chi connectivity index (χ3v) is 2.44. The zero-order valence-corrected chi connectivity index (χ0v) is 10.8. The Kier molecular flexibility index (Phi) is 5.91. The van der Waals surface area contributed by atoms with Crippen molar-refractivity contribution in [1.29, 1.82) is 0 Å². The SMILES string of the molecule is CCCCCOC(=O)C(=O)Oc1ccccc1C. The summed E-state index contributed by atoms with van der Waals surface area (Å²) in [6.45, 7) is 4.11. The van der Waals surface area contributed by atoms with Gasteiger partial charge < -0.3 is 9.47 Å². The first-order valence-corrected chi connectivity index (χ1v) is 6.09. The number of unbranched alkanes of at least 4 members (excludes halogenated alkanes) is 2. The lowest BCUT2D eigenvalue weighted by Crippen LogP contribution is -2.23. The Balaban J connectivity index is 2.41. The molecule has 0 aromatic heterocycles. The van der Waals surface area contributed by atoms with Crippen molar-refractivity contribution in [3.05, 3.63) is 29.8 Å². The van der Waals surface area contributed by atoms with E-state index in [-0.39, 0.29) is 6.61 Å². The van der Waals surface area contributed by atoms with Gasteiger partial charge in [0, 0.05) is 0 Å². The number of benzene rings is 1. The minimum absolute atomic E-state index is 0.259. The van der Waals surface area contributed by atoms with Crippen LogP contribution in [0.15, 0.2) is 24.3 Å². The third kappa shape index (κ3) is 4.57. The Bertz CT molecular complexity index is 412. The first-order chi connectivity index (χ1) is 8.65. The fraction of sp³-hybridized carbons (Fsp3) is 0.429. The van der Waals surface area contributed by atoms with Gasteiger partial charge in [0.1, 0.15) is 5.75 Å². The molecule has 0 aliphatic heterocycles. The molecule has 0 aliphatic carbocycles.